The Morgan fingerprint density at radius 2 is 1.42 bits per heavy atom. The minimum atomic E-state index is -0.954. The van der Waals surface area contributed by atoms with E-state index in [4.69, 9.17) is 14.2 Å². The van der Waals surface area contributed by atoms with Crippen LogP contribution in [0, 0.1) is 0 Å². The minimum Gasteiger partial charge on any atom is -0.478 e. The van der Waals surface area contributed by atoms with E-state index in [1.54, 1.807) is 36.0 Å². The Morgan fingerprint density at radius 3 is 2.15 bits per heavy atom. The number of rotatable bonds is 13. The van der Waals surface area contributed by atoms with Crippen molar-refractivity contribution in [3.63, 3.8) is 0 Å². The average Bonchev–Trinajstić information content (AvgIpc) is 3.23. The fraction of sp³-hybridized carbons (Fsp3) is 0.156. The molecule has 7 rings (SSSR count). The highest BCUT2D eigenvalue weighted by molar-refractivity contribution is 7.99. The second-order valence-corrected chi connectivity index (χ2v) is 14.2. The van der Waals surface area contributed by atoms with Crippen LogP contribution < -0.4 is 15.4 Å². The van der Waals surface area contributed by atoms with Crippen LogP contribution in [0.15, 0.2) is 157 Å². The van der Waals surface area contributed by atoms with E-state index in [-0.39, 0.29) is 30.4 Å². The Labute approximate surface area is 323 Å². The summed E-state index contributed by atoms with van der Waals surface area (Å²) in [7, 11) is 0. The first kappa shape index (κ1) is 37.4. The fourth-order valence-corrected chi connectivity index (χ4v) is 7.14. The largest absolute Gasteiger partial charge is 0.478 e. The van der Waals surface area contributed by atoms with Gasteiger partial charge in [-0.15, -0.1) is 11.8 Å². The van der Waals surface area contributed by atoms with Gasteiger partial charge in [-0.2, -0.15) is 0 Å². The first-order valence-corrected chi connectivity index (χ1v) is 18.9. The summed E-state index contributed by atoms with van der Waals surface area (Å²) < 4.78 is 19.0. The van der Waals surface area contributed by atoms with E-state index < -0.39 is 12.3 Å². The topological polar surface area (TPSA) is 126 Å². The van der Waals surface area contributed by atoms with Crippen LogP contribution in [0.4, 0.5) is 10.5 Å². The summed E-state index contributed by atoms with van der Waals surface area (Å²) in [5.41, 5.74) is 6.50. The number of urea groups is 1. The van der Waals surface area contributed by atoms with Gasteiger partial charge in [0.1, 0.15) is 11.5 Å². The summed E-state index contributed by atoms with van der Waals surface area (Å²) in [4.78, 5) is 25.0. The van der Waals surface area contributed by atoms with Gasteiger partial charge in [0.05, 0.1) is 24.4 Å². The Morgan fingerprint density at radius 1 is 0.709 bits per heavy atom. The Hall–Kier alpha value is -5.91. The number of carboxylic acids is 1. The zero-order valence-corrected chi connectivity index (χ0v) is 30.7. The summed E-state index contributed by atoms with van der Waals surface area (Å²) in [6.07, 6.45) is -0.402. The average molecular weight is 753 g/mol. The number of carbonyl (C=O) groups is 2. The van der Waals surface area contributed by atoms with Gasteiger partial charge < -0.3 is 35.1 Å². The molecule has 1 saturated heterocycles. The number of hydrogen-bond acceptors (Lipinski definition) is 7. The predicted molar refractivity (Wildman–Crippen MR) is 213 cm³/mol. The van der Waals surface area contributed by atoms with E-state index in [0.29, 0.717) is 30.2 Å². The van der Waals surface area contributed by atoms with Gasteiger partial charge in [-0.1, -0.05) is 78.9 Å². The van der Waals surface area contributed by atoms with Crippen molar-refractivity contribution in [2.45, 2.75) is 43.0 Å². The van der Waals surface area contributed by atoms with Crippen LogP contribution in [-0.2, 0) is 22.6 Å². The van der Waals surface area contributed by atoms with Crippen molar-refractivity contribution in [3.05, 3.63) is 179 Å². The van der Waals surface area contributed by atoms with Gasteiger partial charge in [0.2, 0.25) is 0 Å². The standard InChI is InChI=1S/C45H40N2O7S/c48-28-30-12-14-32(15-13-30)42-26-40(29-55-41-22-16-33(17-23-41)43(49)50)53-44(54-42)36-9-5-8-35(25-36)34-7-4-6-31(24-34)27-46-45(51)47-37-18-20-39(21-19-37)52-38-10-2-1-3-11-38/h1-25,40,42,44,48H,26-29H2,(H,49,50)(H2,46,47,51)/t40-,42+,44+/m0/s1. The number of anilines is 1. The number of nitrogens with one attached hydrogen (secondary N) is 2. The highest BCUT2D eigenvalue weighted by Gasteiger charge is 2.32. The Bertz CT molecular complexity index is 2200. The summed E-state index contributed by atoms with van der Waals surface area (Å²) in [6.45, 7) is 0.299. The number of benzene rings is 6. The molecule has 6 aromatic rings. The summed E-state index contributed by atoms with van der Waals surface area (Å²) >= 11 is 1.61. The van der Waals surface area contributed by atoms with Crippen LogP contribution in [0.3, 0.4) is 0 Å². The van der Waals surface area contributed by atoms with Crippen molar-refractivity contribution in [3.8, 4) is 22.6 Å². The molecule has 1 heterocycles. The van der Waals surface area contributed by atoms with Gasteiger partial charge in [0.25, 0.3) is 0 Å². The molecule has 0 aromatic heterocycles. The van der Waals surface area contributed by atoms with Gasteiger partial charge in [-0.3, -0.25) is 0 Å². The smallest absolute Gasteiger partial charge is 0.335 e. The lowest BCUT2D eigenvalue weighted by Gasteiger charge is -2.36. The third-order valence-electron chi connectivity index (χ3n) is 9.12. The van der Waals surface area contributed by atoms with Crippen molar-refractivity contribution < 1.29 is 34.0 Å². The maximum atomic E-state index is 12.8. The lowest BCUT2D eigenvalue weighted by molar-refractivity contribution is -0.245. The highest BCUT2D eigenvalue weighted by Crippen LogP contribution is 2.40. The van der Waals surface area contributed by atoms with Crippen LogP contribution in [-0.4, -0.2) is 34.1 Å². The zero-order chi connectivity index (χ0) is 38.0. The molecule has 55 heavy (non-hydrogen) atoms. The molecule has 2 amide bonds. The minimum absolute atomic E-state index is 0.0325. The monoisotopic (exact) mass is 752 g/mol. The van der Waals surface area contributed by atoms with E-state index in [9.17, 15) is 19.8 Å². The number of para-hydroxylation sites is 1. The molecule has 1 aliphatic rings. The van der Waals surface area contributed by atoms with Gasteiger partial charge in [-0.05, 0) is 101 Å². The number of aliphatic hydroxyl groups excluding tert-OH is 1. The number of amides is 2. The molecule has 4 N–H and O–H groups in total. The molecule has 0 aliphatic carbocycles. The lowest BCUT2D eigenvalue weighted by Crippen LogP contribution is -2.31. The van der Waals surface area contributed by atoms with E-state index >= 15 is 0 Å². The van der Waals surface area contributed by atoms with Crippen molar-refractivity contribution in [1.82, 2.24) is 5.32 Å². The van der Waals surface area contributed by atoms with Crippen molar-refractivity contribution in [1.29, 1.82) is 0 Å². The number of ether oxygens (including phenoxy) is 3. The Kier molecular flexibility index (Phi) is 12.2. The van der Waals surface area contributed by atoms with Crippen LogP contribution in [0.1, 0.15) is 51.4 Å². The van der Waals surface area contributed by atoms with Gasteiger partial charge in [0.15, 0.2) is 6.29 Å². The Balaban J connectivity index is 1.00. The lowest BCUT2D eigenvalue weighted by atomic mass is 9.99. The van der Waals surface area contributed by atoms with Crippen LogP contribution in [0.25, 0.3) is 11.1 Å². The third kappa shape index (κ3) is 10.2. The number of carbonyl (C=O) groups excluding carboxylic acids is 1. The van der Waals surface area contributed by atoms with Crippen molar-refractivity contribution in [2.24, 2.45) is 0 Å². The fourth-order valence-electron chi connectivity index (χ4n) is 6.22. The van der Waals surface area contributed by atoms with Gasteiger partial charge in [-0.25, -0.2) is 9.59 Å². The molecule has 0 unspecified atom stereocenters. The van der Waals surface area contributed by atoms with E-state index in [2.05, 4.69) is 22.8 Å². The van der Waals surface area contributed by atoms with Crippen molar-refractivity contribution >= 4 is 29.4 Å². The molecule has 0 radical (unpaired) electrons. The van der Waals surface area contributed by atoms with Crippen LogP contribution in [0.2, 0.25) is 0 Å². The summed E-state index contributed by atoms with van der Waals surface area (Å²) in [5.74, 6) is 1.11. The summed E-state index contributed by atoms with van der Waals surface area (Å²) in [6, 6.07) is 47.2. The maximum Gasteiger partial charge on any atom is 0.335 e. The number of hydrogen-bond donors (Lipinski definition) is 4. The maximum absolute atomic E-state index is 12.8. The molecular formula is C45H40N2O7S. The van der Waals surface area contributed by atoms with E-state index in [0.717, 1.165) is 44.0 Å². The third-order valence-corrected chi connectivity index (χ3v) is 10.3. The first-order valence-electron chi connectivity index (χ1n) is 17.9. The summed E-state index contributed by atoms with van der Waals surface area (Å²) in [5, 5.41) is 24.7. The van der Waals surface area contributed by atoms with Gasteiger partial charge >= 0.3 is 12.0 Å². The first-order chi connectivity index (χ1) is 26.9. The molecule has 9 nitrogen and oxygen atoms in total. The molecule has 3 atom stereocenters. The SMILES string of the molecule is O=C(NCc1cccc(-c2cccc([C@@H]3O[C@H](CSc4ccc(C(=O)O)cc4)C[C@H](c4ccc(CO)cc4)O3)c2)c1)Nc1ccc(Oc2ccccc2)cc1. The molecule has 10 heteroatoms. The molecular weight excluding hydrogens is 713 g/mol. The molecule has 0 saturated carbocycles. The highest BCUT2D eigenvalue weighted by atomic mass is 32.2. The molecule has 0 spiro atoms. The van der Waals surface area contributed by atoms with Crippen molar-refractivity contribution in [2.75, 3.05) is 11.1 Å². The van der Waals surface area contributed by atoms with E-state index in [1.807, 2.05) is 115 Å². The van der Waals surface area contributed by atoms with E-state index in [1.165, 1.54) is 0 Å². The number of aliphatic hydroxyl groups is 1. The molecule has 1 aliphatic heterocycles. The number of aromatic carboxylic acids is 1. The zero-order valence-electron chi connectivity index (χ0n) is 29.8. The second-order valence-electron chi connectivity index (χ2n) is 13.1. The quantitative estimate of drug-likeness (QED) is 0.0860. The number of carboxylic acid groups (broad SMARTS) is 1. The van der Waals surface area contributed by atoms with Crippen LogP contribution in [0.5, 0.6) is 11.5 Å². The normalized spacial score (nSPS) is 16.6. The molecule has 1 fully saturated rings. The van der Waals surface area contributed by atoms with Crippen LogP contribution >= 0.6 is 11.8 Å². The van der Waals surface area contributed by atoms with Gasteiger partial charge in [0, 0.05) is 34.9 Å². The second kappa shape index (κ2) is 17.9. The molecule has 6 aromatic carbocycles. The molecule has 0 bridgehead atoms. The molecule has 278 valence electrons. The number of thioether (sulfide) groups is 1. The predicted octanol–water partition coefficient (Wildman–Crippen LogP) is 10.00.